The summed E-state index contributed by atoms with van der Waals surface area (Å²) in [5, 5.41) is 9.36. The highest BCUT2D eigenvalue weighted by Gasteiger charge is 2.28. The highest BCUT2D eigenvalue weighted by Crippen LogP contribution is 2.38. The average Bonchev–Trinajstić information content (AvgIpc) is 3.13. The van der Waals surface area contributed by atoms with Crippen molar-refractivity contribution in [2.24, 2.45) is 4.99 Å². The molecule has 0 amide bonds. The summed E-state index contributed by atoms with van der Waals surface area (Å²) >= 11 is 1.71. The van der Waals surface area contributed by atoms with Gasteiger partial charge in [0, 0.05) is 25.7 Å². The predicted molar refractivity (Wildman–Crippen MR) is 125 cm³/mol. The van der Waals surface area contributed by atoms with Crippen LogP contribution < -0.4 is 10.6 Å². The SMILES string of the molecule is CCc1nc2c(s1)Nc1ccccc1N=C2N1CCN[C@@H](CCc2cccc(F)c2)C1. The van der Waals surface area contributed by atoms with E-state index >= 15 is 0 Å². The van der Waals surface area contributed by atoms with Crippen LogP contribution in [-0.2, 0) is 12.8 Å². The Kier molecular flexibility index (Phi) is 5.70. The number of rotatable bonds is 4. The number of hydrogen-bond donors (Lipinski definition) is 2. The Hall–Kier alpha value is -2.77. The summed E-state index contributed by atoms with van der Waals surface area (Å²) < 4.78 is 13.5. The number of thiazole rings is 1. The first-order chi connectivity index (χ1) is 15.2. The molecule has 0 bridgehead atoms. The van der Waals surface area contributed by atoms with Crippen molar-refractivity contribution < 1.29 is 4.39 Å². The van der Waals surface area contributed by atoms with Crippen LogP contribution in [0.5, 0.6) is 0 Å². The summed E-state index contributed by atoms with van der Waals surface area (Å²) in [6.07, 6.45) is 2.71. The lowest BCUT2D eigenvalue weighted by molar-refractivity contribution is 0.282. The number of hydrogen-bond acceptors (Lipinski definition) is 6. The van der Waals surface area contributed by atoms with Crippen LogP contribution in [0, 0.1) is 5.82 Å². The second kappa shape index (κ2) is 8.77. The Morgan fingerprint density at radius 2 is 2.10 bits per heavy atom. The Labute approximate surface area is 186 Å². The van der Waals surface area contributed by atoms with Gasteiger partial charge in [-0.25, -0.2) is 14.4 Å². The van der Waals surface area contributed by atoms with E-state index in [0.29, 0.717) is 6.04 Å². The molecule has 31 heavy (non-hydrogen) atoms. The van der Waals surface area contributed by atoms with Gasteiger partial charge in [0.1, 0.15) is 16.5 Å². The lowest BCUT2D eigenvalue weighted by Gasteiger charge is -2.35. The van der Waals surface area contributed by atoms with Crippen molar-refractivity contribution in [3.63, 3.8) is 0 Å². The minimum absolute atomic E-state index is 0.169. The van der Waals surface area contributed by atoms with E-state index in [1.54, 1.807) is 23.5 Å². The van der Waals surface area contributed by atoms with E-state index in [9.17, 15) is 4.39 Å². The van der Waals surface area contributed by atoms with Crippen LogP contribution in [-0.4, -0.2) is 41.4 Å². The average molecular weight is 436 g/mol. The van der Waals surface area contributed by atoms with Crippen LogP contribution >= 0.6 is 11.3 Å². The summed E-state index contributed by atoms with van der Waals surface area (Å²) in [4.78, 5) is 12.3. The second-order valence-electron chi connectivity index (χ2n) is 7.98. The third-order valence-corrected chi connectivity index (χ3v) is 6.90. The molecule has 0 spiro atoms. The molecule has 2 aliphatic heterocycles. The first-order valence-corrected chi connectivity index (χ1v) is 11.7. The van der Waals surface area contributed by atoms with Gasteiger partial charge in [-0.2, -0.15) is 0 Å². The van der Waals surface area contributed by atoms with Gasteiger partial charge in [-0.15, -0.1) is 11.3 Å². The van der Waals surface area contributed by atoms with E-state index < -0.39 is 0 Å². The van der Waals surface area contributed by atoms with E-state index in [4.69, 9.17) is 9.98 Å². The molecule has 5 rings (SSSR count). The number of amidine groups is 1. The number of benzene rings is 2. The zero-order valence-corrected chi connectivity index (χ0v) is 18.4. The number of piperazine rings is 1. The number of anilines is 2. The molecule has 1 fully saturated rings. The van der Waals surface area contributed by atoms with Gasteiger partial charge >= 0.3 is 0 Å². The highest BCUT2D eigenvalue weighted by atomic mass is 32.1. The molecule has 1 aromatic heterocycles. The third kappa shape index (κ3) is 4.34. The zero-order chi connectivity index (χ0) is 21.2. The fourth-order valence-corrected chi connectivity index (χ4v) is 5.09. The maximum Gasteiger partial charge on any atom is 0.158 e. The quantitative estimate of drug-likeness (QED) is 0.613. The van der Waals surface area contributed by atoms with Crippen molar-refractivity contribution in [3.8, 4) is 0 Å². The highest BCUT2D eigenvalue weighted by molar-refractivity contribution is 7.16. The Morgan fingerprint density at radius 3 is 2.97 bits per heavy atom. The Morgan fingerprint density at radius 1 is 1.19 bits per heavy atom. The van der Waals surface area contributed by atoms with E-state index in [1.807, 2.05) is 24.3 Å². The van der Waals surface area contributed by atoms with Gasteiger partial charge in [0.15, 0.2) is 5.84 Å². The van der Waals surface area contributed by atoms with Crippen LogP contribution in [0.2, 0.25) is 0 Å². The summed E-state index contributed by atoms with van der Waals surface area (Å²) in [5.74, 6) is 0.776. The number of aliphatic imine (C=N–C) groups is 1. The number of nitrogens with zero attached hydrogens (tertiary/aromatic N) is 3. The fraction of sp³-hybridized carbons (Fsp3) is 0.333. The van der Waals surface area contributed by atoms with Gasteiger partial charge in [-0.05, 0) is 49.1 Å². The van der Waals surface area contributed by atoms with Gasteiger partial charge < -0.3 is 15.5 Å². The number of para-hydroxylation sites is 2. The van der Waals surface area contributed by atoms with Gasteiger partial charge in [-0.1, -0.05) is 31.2 Å². The minimum atomic E-state index is -0.169. The first kappa shape index (κ1) is 20.2. The van der Waals surface area contributed by atoms with Gasteiger partial charge in [-0.3, -0.25) is 0 Å². The van der Waals surface area contributed by atoms with Gasteiger partial charge in [0.05, 0.1) is 16.4 Å². The van der Waals surface area contributed by atoms with Crippen LogP contribution in [0.4, 0.5) is 20.8 Å². The molecule has 2 aromatic carbocycles. The molecule has 160 valence electrons. The zero-order valence-electron chi connectivity index (χ0n) is 17.6. The molecule has 0 saturated carbocycles. The van der Waals surface area contributed by atoms with E-state index in [1.165, 1.54) is 6.07 Å². The molecule has 2 aliphatic rings. The number of halogens is 1. The fourth-order valence-electron chi connectivity index (χ4n) is 4.18. The van der Waals surface area contributed by atoms with Crippen molar-refractivity contribution in [2.45, 2.75) is 32.2 Å². The Bertz CT molecular complexity index is 1110. The van der Waals surface area contributed by atoms with Crippen LogP contribution in [0.25, 0.3) is 0 Å². The van der Waals surface area contributed by atoms with Crippen molar-refractivity contribution in [2.75, 3.05) is 25.0 Å². The van der Waals surface area contributed by atoms with E-state index in [0.717, 1.165) is 77.4 Å². The molecule has 1 atom stereocenters. The summed E-state index contributed by atoms with van der Waals surface area (Å²) in [7, 11) is 0. The smallest absolute Gasteiger partial charge is 0.158 e. The molecule has 5 nitrogen and oxygen atoms in total. The molecule has 1 saturated heterocycles. The van der Waals surface area contributed by atoms with Crippen LogP contribution in [0.3, 0.4) is 0 Å². The monoisotopic (exact) mass is 435 g/mol. The van der Waals surface area contributed by atoms with Crippen LogP contribution in [0.1, 0.15) is 29.6 Å². The number of aryl methyl sites for hydroxylation is 2. The normalized spacial score (nSPS) is 17.9. The van der Waals surface area contributed by atoms with E-state index in [2.05, 4.69) is 28.5 Å². The molecule has 0 unspecified atom stereocenters. The largest absolute Gasteiger partial charge is 0.352 e. The second-order valence-corrected chi connectivity index (χ2v) is 9.07. The van der Waals surface area contributed by atoms with Crippen LogP contribution in [0.15, 0.2) is 53.5 Å². The Balaban J connectivity index is 1.40. The summed E-state index contributed by atoms with van der Waals surface area (Å²) in [6.45, 7) is 4.77. The molecule has 3 heterocycles. The standard InChI is InChI=1S/C24H26FN5S/c1-2-21-29-22-23(27-19-8-3-4-9-20(19)28-24(22)31-21)30-13-12-26-18(15-30)11-10-16-6-5-7-17(25)14-16/h3-9,14,18,26,28H,2,10-13,15H2,1H3/t18-/m0/s1. The number of fused-ring (bicyclic) bond motifs is 2. The molecular formula is C24H26FN5S. The number of aromatic nitrogens is 1. The first-order valence-electron chi connectivity index (χ1n) is 10.9. The van der Waals surface area contributed by atoms with Crippen molar-refractivity contribution in [1.82, 2.24) is 15.2 Å². The molecular weight excluding hydrogens is 409 g/mol. The van der Waals surface area contributed by atoms with Crippen molar-refractivity contribution in [1.29, 1.82) is 0 Å². The van der Waals surface area contributed by atoms with Crippen molar-refractivity contribution in [3.05, 3.63) is 70.6 Å². The minimum Gasteiger partial charge on any atom is -0.352 e. The van der Waals surface area contributed by atoms with Crippen molar-refractivity contribution >= 4 is 33.5 Å². The van der Waals surface area contributed by atoms with E-state index in [-0.39, 0.29) is 5.82 Å². The molecule has 0 radical (unpaired) electrons. The maximum absolute atomic E-state index is 13.5. The summed E-state index contributed by atoms with van der Waals surface area (Å²) in [5.41, 5.74) is 3.94. The van der Waals surface area contributed by atoms with Gasteiger partial charge in [0.25, 0.3) is 0 Å². The predicted octanol–water partition coefficient (Wildman–Crippen LogP) is 4.89. The number of nitrogens with one attached hydrogen (secondary N) is 2. The molecule has 0 aliphatic carbocycles. The molecule has 7 heteroatoms. The maximum atomic E-state index is 13.5. The van der Waals surface area contributed by atoms with Gasteiger partial charge in [0.2, 0.25) is 0 Å². The lowest BCUT2D eigenvalue weighted by Crippen LogP contribution is -2.53. The topological polar surface area (TPSA) is 52.6 Å². The summed E-state index contributed by atoms with van der Waals surface area (Å²) in [6, 6.07) is 15.4. The lowest BCUT2D eigenvalue weighted by atomic mass is 10.0. The molecule has 2 N–H and O–H groups in total. The molecule has 3 aromatic rings. The third-order valence-electron chi connectivity index (χ3n) is 5.79.